The molecular weight excluding hydrogens is 272 g/mol. The Morgan fingerprint density at radius 1 is 1.23 bits per heavy atom. The van der Waals surface area contributed by atoms with Crippen LogP contribution in [0.15, 0.2) is 24.3 Å². The van der Waals surface area contributed by atoms with Gasteiger partial charge in [-0.3, -0.25) is 4.79 Å². The molecule has 1 amide bonds. The van der Waals surface area contributed by atoms with Crippen LogP contribution in [-0.4, -0.2) is 37.5 Å². The maximum atomic E-state index is 12.5. The van der Waals surface area contributed by atoms with E-state index in [1.165, 1.54) is 36.0 Å². The van der Waals surface area contributed by atoms with Crippen molar-refractivity contribution in [1.29, 1.82) is 0 Å². The topological polar surface area (TPSA) is 32.3 Å². The Labute approximate surface area is 132 Å². The Bertz CT molecular complexity index is 634. The summed E-state index contributed by atoms with van der Waals surface area (Å²) in [6.07, 6.45) is 7.24. The van der Waals surface area contributed by atoms with E-state index in [2.05, 4.69) is 41.5 Å². The van der Waals surface area contributed by atoms with Crippen molar-refractivity contribution in [3.63, 3.8) is 0 Å². The van der Waals surface area contributed by atoms with Crippen molar-refractivity contribution in [2.45, 2.75) is 31.6 Å². The van der Waals surface area contributed by atoms with Crippen LogP contribution in [0.4, 0.5) is 0 Å². The highest BCUT2D eigenvalue weighted by atomic mass is 16.1. The average Bonchev–Trinajstić information content (AvgIpc) is 2.88. The Morgan fingerprint density at radius 2 is 2.14 bits per heavy atom. The first-order valence-electron chi connectivity index (χ1n) is 8.52. The summed E-state index contributed by atoms with van der Waals surface area (Å²) in [5, 5.41) is 3.14. The molecule has 3 heteroatoms. The number of hydrogen-bond donors (Lipinski definition) is 1. The number of benzene rings is 1. The number of likely N-dealkylation sites (tertiary alicyclic amines) is 1. The first kappa shape index (κ1) is 14.0. The largest absolute Gasteiger partial charge is 0.352 e. The van der Waals surface area contributed by atoms with Crippen molar-refractivity contribution >= 4 is 11.5 Å². The Morgan fingerprint density at radius 3 is 2.95 bits per heavy atom. The van der Waals surface area contributed by atoms with Crippen LogP contribution in [-0.2, 0) is 0 Å². The van der Waals surface area contributed by atoms with Crippen LogP contribution in [0, 0.1) is 5.92 Å². The molecule has 2 atom stereocenters. The molecule has 0 unspecified atom stereocenters. The number of carbonyl (C=O) groups is 1. The quantitative estimate of drug-likeness (QED) is 0.864. The lowest BCUT2D eigenvalue weighted by Gasteiger charge is -2.18. The van der Waals surface area contributed by atoms with E-state index in [9.17, 15) is 4.79 Å². The van der Waals surface area contributed by atoms with Gasteiger partial charge < -0.3 is 10.2 Å². The SMILES string of the molecule is CN1C[C@@H]2CNC(=O)c3cc(C4=CCCCC4)ccc3[C@H]2C1. The number of nitrogens with zero attached hydrogens (tertiary/aromatic N) is 1. The molecule has 1 aromatic carbocycles. The van der Waals surface area contributed by atoms with E-state index in [-0.39, 0.29) is 5.91 Å². The van der Waals surface area contributed by atoms with Gasteiger partial charge in [-0.05, 0) is 61.4 Å². The Balaban J connectivity index is 1.75. The van der Waals surface area contributed by atoms with E-state index < -0.39 is 0 Å². The third-order valence-electron chi connectivity index (χ3n) is 5.51. The minimum Gasteiger partial charge on any atom is -0.352 e. The van der Waals surface area contributed by atoms with Crippen LogP contribution >= 0.6 is 0 Å². The number of rotatable bonds is 1. The molecule has 22 heavy (non-hydrogen) atoms. The van der Waals surface area contributed by atoms with Crippen LogP contribution < -0.4 is 5.32 Å². The summed E-state index contributed by atoms with van der Waals surface area (Å²) in [6, 6.07) is 6.61. The molecule has 1 N–H and O–H groups in total. The molecule has 0 saturated carbocycles. The van der Waals surface area contributed by atoms with Crippen molar-refractivity contribution in [3.8, 4) is 0 Å². The molecule has 1 fully saturated rings. The van der Waals surface area contributed by atoms with Crippen molar-refractivity contribution < 1.29 is 4.79 Å². The number of nitrogens with one attached hydrogen (secondary N) is 1. The lowest BCUT2D eigenvalue weighted by molar-refractivity contribution is 0.0951. The maximum Gasteiger partial charge on any atom is 0.251 e. The van der Waals surface area contributed by atoms with E-state index in [0.717, 1.165) is 31.6 Å². The zero-order chi connectivity index (χ0) is 15.1. The van der Waals surface area contributed by atoms with Crippen LogP contribution in [0.5, 0.6) is 0 Å². The van der Waals surface area contributed by atoms with Crippen molar-refractivity contribution in [1.82, 2.24) is 10.2 Å². The van der Waals surface area contributed by atoms with Crippen molar-refractivity contribution in [2.24, 2.45) is 5.92 Å². The molecule has 116 valence electrons. The summed E-state index contributed by atoms with van der Waals surface area (Å²) in [5.41, 5.74) is 4.83. The molecule has 1 aliphatic carbocycles. The highest BCUT2D eigenvalue weighted by molar-refractivity contribution is 5.97. The second-order valence-corrected chi connectivity index (χ2v) is 7.07. The zero-order valence-electron chi connectivity index (χ0n) is 13.3. The van der Waals surface area contributed by atoms with E-state index in [1.807, 2.05) is 0 Å². The van der Waals surface area contributed by atoms with Crippen molar-refractivity contribution in [2.75, 3.05) is 26.7 Å². The summed E-state index contributed by atoms with van der Waals surface area (Å²) in [5.74, 6) is 1.16. The fraction of sp³-hybridized carbons (Fsp3) is 0.526. The number of allylic oxidation sites excluding steroid dienone is 2. The highest BCUT2D eigenvalue weighted by Gasteiger charge is 2.36. The molecule has 0 radical (unpaired) electrons. The van der Waals surface area contributed by atoms with E-state index in [4.69, 9.17) is 0 Å². The number of fused-ring (bicyclic) bond motifs is 3. The number of likely N-dealkylation sites (N-methyl/N-ethyl adjacent to an activating group) is 1. The van der Waals surface area contributed by atoms with Gasteiger partial charge in [-0.1, -0.05) is 18.2 Å². The standard InChI is InChI=1S/C19H24N2O/c1-21-11-15-10-20-19(22)17-9-14(13-5-3-2-4-6-13)7-8-16(17)18(15)12-21/h5,7-9,15,18H,2-4,6,10-12H2,1H3,(H,20,22)/t15-,18-/m0/s1. The highest BCUT2D eigenvalue weighted by Crippen LogP contribution is 2.37. The van der Waals surface area contributed by atoms with Gasteiger partial charge in [0, 0.05) is 31.1 Å². The Kier molecular flexibility index (Phi) is 3.53. The second-order valence-electron chi connectivity index (χ2n) is 7.07. The molecule has 4 rings (SSSR count). The van der Waals surface area contributed by atoms with Gasteiger partial charge in [-0.15, -0.1) is 0 Å². The minimum absolute atomic E-state index is 0.116. The molecule has 3 aliphatic rings. The molecule has 2 aliphatic heterocycles. The smallest absolute Gasteiger partial charge is 0.251 e. The lowest BCUT2D eigenvalue weighted by Crippen LogP contribution is -2.29. The van der Waals surface area contributed by atoms with Crippen LogP contribution in [0.1, 0.15) is 53.1 Å². The molecule has 0 bridgehead atoms. The summed E-state index contributed by atoms with van der Waals surface area (Å²) >= 11 is 0. The molecule has 1 aromatic rings. The van der Waals surface area contributed by atoms with Gasteiger partial charge in [0.2, 0.25) is 0 Å². The molecule has 2 heterocycles. The van der Waals surface area contributed by atoms with Gasteiger partial charge in [0.05, 0.1) is 0 Å². The van der Waals surface area contributed by atoms with Crippen LogP contribution in [0.3, 0.4) is 0 Å². The van der Waals surface area contributed by atoms with Gasteiger partial charge in [0.1, 0.15) is 0 Å². The van der Waals surface area contributed by atoms with E-state index in [0.29, 0.717) is 11.8 Å². The van der Waals surface area contributed by atoms with Gasteiger partial charge in [0.25, 0.3) is 5.91 Å². The third kappa shape index (κ3) is 2.38. The predicted octanol–water partition coefficient (Wildman–Crippen LogP) is 3.03. The van der Waals surface area contributed by atoms with Gasteiger partial charge >= 0.3 is 0 Å². The van der Waals surface area contributed by atoms with E-state index in [1.54, 1.807) is 0 Å². The third-order valence-corrected chi connectivity index (χ3v) is 5.51. The first-order chi connectivity index (χ1) is 10.7. The normalized spacial score (nSPS) is 28.4. The summed E-state index contributed by atoms with van der Waals surface area (Å²) in [4.78, 5) is 14.9. The van der Waals surface area contributed by atoms with E-state index >= 15 is 0 Å². The second kappa shape index (κ2) is 5.54. The molecule has 3 nitrogen and oxygen atoms in total. The molecular formula is C19H24N2O. The van der Waals surface area contributed by atoms with Crippen LogP contribution in [0.2, 0.25) is 0 Å². The molecule has 1 saturated heterocycles. The Hall–Kier alpha value is -1.61. The maximum absolute atomic E-state index is 12.5. The number of carbonyl (C=O) groups excluding carboxylic acids is 1. The summed E-state index contributed by atoms with van der Waals surface area (Å²) in [6.45, 7) is 2.95. The molecule has 0 spiro atoms. The summed E-state index contributed by atoms with van der Waals surface area (Å²) in [7, 11) is 2.18. The average molecular weight is 296 g/mol. The number of hydrogen-bond acceptors (Lipinski definition) is 2. The predicted molar refractivity (Wildman–Crippen MR) is 88.9 cm³/mol. The van der Waals surface area contributed by atoms with Crippen LogP contribution in [0.25, 0.3) is 5.57 Å². The van der Waals surface area contributed by atoms with Gasteiger partial charge in [-0.2, -0.15) is 0 Å². The zero-order valence-corrected chi connectivity index (χ0v) is 13.3. The monoisotopic (exact) mass is 296 g/mol. The number of amides is 1. The summed E-state index contributed by atoms with van der Waals surface area (Å²) < 4.78 is 0. The fourth-order valence-electron chi connectivity index (χ4n) is 4.34. The molecule has 0 aromatic heterocycles. The van der Waals surface area contributed by atoms with Crippen molar-refractivity contribution in [3.05, 3.63) is 41.0 Å². The minimum atomic E-state index is 0.116. The first-order valence-corrected chi connectivity index (χ1v) is 8.52. The lowest BCUT2D eigenvalue weighted by atomic mass is 9.85. The fourth-order valence-corrected chi connectivity index (χ4v) is 4.34. The van der Waals surface area contributed by atoms with Gasteiger partial charge in [0.15, 0.2) is 0 Å². The van der Waals surface area contributed by atoms with Gasteiger partial charge in [-0.25, -0.2) is 0 Å².